The van der Waals surface area contributed by atoms with Crippen LogP contribution in [0.2, 0.25) is 0 Å². The maximum Gasteiger partial charge on any atom is 0.225 e. The summed E-state index contributed by atoms with van der Waals surface area (Å²) in [6, 6.07) is 7.88. The first kappa shape index (κ1) is 14.1. The summed E-state index contributed by atoms with van der Waals surface area (Å²) in [7, 11) is 0. The molecular formula is C13H20N2OS. The van der Waals surface area contributed by atoms with E-state index in [-0.39, 0.29) is 10.7 Å². The quantitative estimate of drug-likeness (QED) is 0.810. The maximum atomic E-state index is 11.3. The Morgan fingerprint density at radius 2 is 1.88 bits per heavy atom. The minimum absolute atomic E-state index is 0.0382. The highest BCUT2D eigenvalue weighted by molar-refractivity contribution is 8.00. The summed E-state index contributed by atoms with van der Waals surface area (Å²) in [4.78, 5) is 12.5. The van der Waals surface area contributed by atoms with Crippen molar-refractivity contribution in [3.05, 3.63) is 24.3 Å². The third kappa shape index (κ3) is 5.75. The Kier molecular flexibility index (Phi) is 5.02. The molecule has 0 heterocycles. The number of carbonyl (C=O) groups is 1. The Morgan fingerprint density at radius 3 is 2.35 bits per heavy atom. The van der Waals surface area contributed by atoms with E-state index in [0.717, 1.165) is 5.69 Å². The molecule has 1 aromatic carbocycles. The highest BCUT2D eigenvalue weighted by atomic mass is 32.2. The molecule has 17 heavy (non-hydrogen) atoms. The first-order valence-corrected chi connectivity index (χ1v) is 6.51. The third-order valence-electron chi connectivity index (χ3n) is 1.93. The fourth-order valence-electron chi connectivity index (χ4n) is 1.31. The zero-order chi connectivity index (χ0) is 12.9. The lowest BCUT2D eigenvalue weighted by Crippen LogP contribution is -2.16. The molecule has 0 saturated heterocycles. The summed E-state index contributed by atoms with van der Waals surface area (Å²) < 4.78 is 0.199. The average molecular weight is 252 g/mol. The van der Waals surface area contributed by atoms with Crippen molar-refractivity contribution >= 4 is 23.4 Å². The molecule has 94 valence electrons. The van der Waals surface area contributed by atoms with Gasteiger partial charge >= 0.3 is 0 Å². The smallest absolute Gasteiger partial charge is 0.225 e. The summed E-state index contributed by atoms with van der Waals surface area (Å²) in [5, 5.41) is 2.80. The van der Waals surface area contributed by atoms with Crippen molar-refractivity contribution in [1.82, 2.24) is 0 Å². The van der Waals surface area contributed by atoms with Gasteiger partial charge in [-0.05, 0) is 24.3 Å². The van der Waals surface area contributed by atoms with E-state index in [1.165, 1.54) is 4.90 Å². The highest BCUT2D eigenvalue weighted by Crippen LogP contribution is 2.32. The van der Waals surface area contributed by atoms with E-state index in [1.807, 2.05) is 24.3 Å². The molecule has 1 rings (SSSR count). The van der Waals surface area contributed by atoms with Gasteiger partial charge < -0.3 is 11.1 Å². The molecule has 1 aromatic rings. The van der Waals surface area contributed by atoms with Gasteiger partial charge in [0.15, 0.2) is 0 Å². The highest BCUT2D eigenvalue weighted by Gasteiger charge is 2.11. The van der Waals surface area contributed by atoms with Crippen LogP contribution in [-0.4, -0.2) is 17.2 Å². The molecule has 0 spiro atoms. The van der Waals surface area contributed by atoms with Gasteiger partial charge in [0.1, 0.15) is 0 Å². The lowest BCUT2D eigenvalue weighted by molar-refractivity contribution is -0.116. The van der Waals surface area contributed by atoms with Gasteiger partial charge in [-0.2, -0.15) is 0 Å². The van der Waals surface area contributed by atoms with Crippen LogP contribution in [0.3, 0.4) is 0 Å². The molecule has 4 heteroatoms. The molecule has 0 aliphatic heterocycles. The second kappa shape index (κ2) is 6.07. The van der Waals surface area contributed by atoms with Crippen molar-refractivity contribution < 1.29 is 4.79 Å². The number of nitrogens with two attached hydrogens (primary N) is 1. The number of anilines is 1. The minimum atomic E-state index is -0.0382. The van der Waals surface area contributed by atoms with Crippen molar-refractivity contribution in [3.63, 3.8) is 0 Å². The zero-order valence-corrected chi connectivity index (χ0v) is 11.4. The monoisotopic (exact) mass is 252 g/mol. The minimum Gasteiger partial charge on any atom is -0.330 e. The lowest BCUT2D eigenvalue weighted by Gasteiger charge is -2.17. The number of rotatable bonds is 4. The predicted molar refractivity (Wildman–Crippen MR) is 74.4 cm³/mol. The van der Waals surface area contributed by atoms with Crippen LogP contribution in [0.15, 0.2) is 29.2 Å². The van der Waals surface area contributed by atoms with E-state index >= 15 is 0 Å². The van der Waals surface area contributed by atoms with Crippen LogP contribution in [0.25, 0.3) is 0 Å². The molecule has 0 saturated carbocycles. The molecule has 0 aliphatic carbocycles. The van der Waals surface area contributed by atoms with Gasteiger partial charge in [-0.25, -0.2) is 0 Å². The fraction of sp³-hybridized carbons (Fsp3) is 0.462. The first-order chi connectivity index (χ1) is 7.90. The van der Waals surface area contributed by atoms with Crippen LogP contribution >= 0.6 is 11.8 Å². The van der Waals surface area contributed by atoms with Gasteiger partial charge in [-0.1, -0.05) is 20.8 Å². The average Bonchev–Trinajstić information content (AvgIpc) is 2.19. The van der Waals surface area contributed by atoms with Crippen molar-refractivity contribution in [1.29, 1.82) is 0 Å². The Bertz CT molecular complexity index is 368. The van der Waals surface area contributed by atoms with E-state index in [1.54, 1.807) is 11.8 Å². The lowest BCUT2D eigenvalue weighted by atomic mass is 10.3. The molecule has 3 nitrogen and oxygen atoms in total. The Hall–Kier alpha value is -1.00. The van der Waals surface area contributed by atoms with Gasteiger partial charge in [0.25, 0.3) is 0 Å². The van der Waals surface area contributed by atoms with E-state index in [9.17, 15) is 4.79 Å². The molecule has 0 fully saturated rings. The number of benzene rings is 1. The predicted octanol–water partition coefficient (Wildman–Crippen LogP) is 2.86. The number of amides is 1. The van der Waals surface area contributed by atoms with Crippen LogP contribution in [0.4, 0.5) is 5.69 Å². The Balaban J connectivity index is 2.59. The first-order valence-electron chi connectivity index (χ1n) is 5.70. The summed E-state index contributed by atoms with van der Waals surface area (Å²) in [5.74, 6) is -0.0382. The number of hydrogen-bond donors (Lipinski definition) is 2. The van der Waals surface area contributed by atoms with E-state index in [4.69, 9.17) is 5.73 Å². The van der Waals surface area contributed by atoms with Crippen molar-refractivity contribution in [2.24, 2.45) is 5.73 Å². The SMILES string of the molecule is CC(C)(C)Sc1ccc(NC(=O)CCN)cc1. The molecule has 0 aromatic heterocycles. The largest absolute Gasteiger partial charge is 0.330 e. The Morgan fingerprint density at radius 1 is 1.29 bits per heavy atom. The second-order valence-electron chi connectivity index (χ2n) is 4.83. The number of thioether (sulfide) groups is 1. The van der Waals surface area contributed by atoms with Crippen LogP contribution < -0.4 is 11.1 Å². The van der Waals surface area contributed by atoms with Crippen LogP contribution in [0, 0.1) is 0 Å². The van der Waals surface area contributed by atoms with Gasteiger partial charge in [-0.3, -0.25) is 4.79 Å². The van der Waals surface area contributed by atoms with Gasteiger partial charge in [0, 0.05) is 28.3 Å². The molecule has 0 unspecified atom stereocenters. The molecule has 0 atom stereocenters. The standard InChI is InChI=1S/C13H20N2OS/c1-13(2,3)17-11-6-4-10(5-7-11)15-12(16)8-9-14/h4-7H,8-9,14H2,1-3H3,(H,15,16). The van der Waals surface area contributed by atoms with Crippen molar-refractivity contribution in [2.45, 2.75) is 36.8 Å². The summed E-state index contributed by atoms with van der Waals surface area (Å²) in [6.45, 7) is 6.90. The second-order valence-corrected chi connectivity index (χ2v) is 6.73. The molecule has 1 amide bonds. The fourth-order valence-corrected chi connectivity index (χ4v) is 2.29. The van der Waals surface area contributed by atoms with Crippen LogP contribution in [0.5, 0.6) is 0 Å². The molecule has 0 aliphatic rings. The van der Waals surface area contributed by atoms with Crippen molar-refractivity contribution in [2.75, 3.05) is 11.9 Å². The van der Waals surface area contributed by atoms with E-state index < -0.39 is 0 Å². The summed E-state index contributed by atoms with van der Waals surface area (Å²) >= 11 is 1.81. The topological polar surface area (TPSA) is 55.1 Å². The summed E-state index contributed by atoms with van der Waals surface area (Å²) in [6.07, 6.45) is 0.360. The van der Waals surface area contributed by atoms with Gasteiger partial charge in [0.05, 0.1) is 0 Å². The number of carbonyl (C=O) groups excluding carboxylic acids is 1. The molecular weight excluding hydrogens is 232 g/mol. The normalized spacial score (nSPS) is 11.3. The number of hydrogen-bond acceptors (Lipinski definition) is 3. The maximum absolute atomic E-state index is 11.3. The van der Waals surface area contributed by atoms with Gasteiger partial charge in [-0.15, -0.1) is 11.8 Å². The molecule has 0 radical (unpaired) electrons. The van der Waals surface area contributed by atoms with Gasteiger partial charge in [0.2, 0.25) is 5.91 Å². The van der Waals surface area contributed by atoms with Crippen LogP contribution in [-0.2, 0) is 4.79 Å². The zero-order valence-electron chi connectivity index (χ0n) is 10.6. The molecule has 3 N–H and O–H groups in total. The van der Waals surface area contributed by atoms with Crippen molar-refractivity contribution in [3.8, 4) is 0 Å². The summed E-state index contributed by atoms with van der Waals surface area (Å²) in [5.41, 5.74) is 6.13. The van der Waals surface area contributed by atoms with Crippen LogP contribution in [0.1, 0.15) is 27.2 Å². The number of nitrogens with one attached hydrogen (secondary N) is 1. The van der Waals surface area contributed by atoms with E-state index in [0.29, 0.717) is 13.0 Å². The molecule has 0 bridgehead atoms. The van der Waals surface area contributed by atoms with E-state index in [2.05, 4.69) is 26.1 Å². The Labute approximate surface area is 107 Å². The third-order valence-corrected chi connectivity index (χ3v) is 3.05.